The quantitative estimate of drug-likeness (QED) is 0.798. The van der Waals surface area contributed by atoms with Crippen LogP contribution < -0.4 is 0 Å². The van der Waals surface area contributed by atoms with Crippen molar-refractivity contribution in [1.29, 1.82) is 0 Å². The maximum atomic E-state index is 13.3. The number of benzene rings is 1. The average molecular weight is 268 g/mol. The molecule has 0 spiro atoms. The van der Waals surface area contributed by atoms with Crippen LogP contribution in [-0.2, 0) is 6.42 Å². The molecule has 0 N–H and O–H groups in total. The van der Waals surface area contributed by atoms with E-state index >= 15 is 0 Å². The molecule has 92 valence electrons. The van der Waals surface area contributed by atoms with Gasteiger partial charge in [0.15, 0.2) is 11.6 Å². The minimum absolute atomic E-state index is 0.123. The summed E-state index contributed by atoms with van der Waals surface area (Å²) in [5.74, 6) is -1.85. The second kappa shape index (κ2) is 5.23. The van der Waals surface area contributed by atoms with Crippen LogP contribution in [0.3, 0.4) is 0 Å². The zero-order valence-corrected chi connectivity index (χ0v) is 9.92. The smallest absolute Gasteiger partial charge is 0.188 e. The van der Waals surface area contributed by atoms with E-state index in [1.807, 2.05) is 0 Å². The number of hydrogen-bond donors (Lipinski definition) is 0. The first-order valence-electron chi connectivity index (χ1n) is 5.16. The minimum Gasteiger partial charge on any atom is -0.292 e. The predicted octanol–water partition coefficient (Wildman–Crippen LogP) is 3.44. The highest BCUT2D eigenvalue weighted by Gasteiger charge is 2.16. The van der Waals surface area contributed by atoms with Crippen LogP contribution in [-0.4, -0.2) is 10.8 Å². The van der Waals surface area contributed by atoms with Crippen LogP contribution in [0.5, 0.6) is 0 Å². The fraction of sp³-hybridized carbons (Fsp3) is 0.0769. The highest BCUT2D eigenvalue weighted by atomic mass is 35.5. The van der Waals surface area contributed by atoms with Gasteiger partial charge in [0.25, 0.3) is 0 Å². The number of carbonyl (C=O) groups excluding carboxylic acids is 1. The van der Waals surface area contributed by atoms with E-state index in [9.17, 15) is 13.6 Å². The number of pyridine rings is 1. The molecule has 0 unspecified atom stereocenters. The average Bonchev–Trinajstić information content (AvgIpc) is 2.35. The van der Waals surface area contributed by atoms with Crippen LogP contribution in [0.1, 0.15) is 16.1 Å². The molecule has 0 aliphatic carbocycles. The zero-order valence-electron chi connectivity index (χ0n) is 9.16. The number of rotatable bonds is 3. The first kappa shape index (κ1) is 12.6. The van der Waals surface area contributed by atoms with Gasteiger partial charge in [-0.1, -0.05) is 23.7 Å². The topological polar surface area (TPSA) is 30.0 Å². The molecular weight excluding hydrogens is 260 g/mol. The van der Waals surface area contributed by atoms with Gasteiger partial charge < -0.3 is 0 Å². The Morgan fingerprint density at radius 3 is 2.61 bits per heavy atom. The number of halogens is 3. The van der Waals surface area contributed by atoms with Crippen molar-refractivity contribution < 1.29 is 13.6 Å². The largest absolute Gasteiger partial charge is 0.292 e. The zero-order chi connectivity index (χ0) is 13.1. The van der Waals surface area contributed by atoms with Gasteiger partial charge >= 0.3 is 0 Å². The molecule has 0 atom stereocenters. The minimum atomic E-state index is -0.699. The summed E-state index contributed by atoms with van der Waals surface area (Å²) in [6, 6.07) is 6.69. The van der Waals surface area contributed by atoms with E-state index in [0.717, 1.165) is 6.07 Å². The molecule has 1 aromatic carbocycles. The Hall–Kier alpha value is -1.81. The summed E-state index contributed by atoms with van der Waals surface area (Å²) in [5, 5.41) is -0.123. The van der Waals surface area contributed by atoms with Gasteiger partial charge in [0, 0.05) is 12.6 Å². The Bertz CT molecular complexity index is 601. The molecule has 0 amide bonds. The van der Waals surface area contributed by atoms with Crippen molar-refractivity contribution in [3.8, 4) is 0 Å². The molecule has 0 aliphatic rings. The standard InChI is InChI=1S/C13H8ClF2NO/c14-12-8(3-1-4-9(12)15)7-11(18)13-10(16)5-2-6-17-13/h1-6H,7H2. The van der Waals surface area contributed by atoms with Gasteiger partial charge in [-0.25, -0.2) is 8.78 Å². The lowest BCUT2D eigenvalue weighted by molar-refractivity contribution is 0.0984. The highest BCUT2D eigenvalue weighted by Crippen LogP contribution is 2.21. The maximum absolute atomic E-state index is 13.3. The van der Waals surface area contributed by atoms with Crippen molar-refractivity contribution in [1.82, 2.24) is 4.98 Å². The van der Waals surface area contributed by atoms with Crippen LogP contribution in [0.25, 0.3) is 0 Å². The van der Waals surface area contributed by atoms with E-state index in [1.54, 1.807) is 0 Å². The number of Topliss-reactive ketones (excluding diaryl/α,β-unsaturated/α-hetero) is 1. The first-order valence-corrected chi connectivity index (χ1v) is 5.54. The Balaban J connectivity index is 2.27. The monoisotopic (exact) mass is 267 g/mol. The van der Waals surface area contributed by atoms with E-state index in [1.165, 1.54) is 30.5 Å². The molecule has 1 aromatic heterocycles. The molecule has 2 rings (SSSR count). The van der Waals surface area contributed by atoms with E-state index in [4.69, 9.17) is 11.6 Å². The van der Waals surface area contributed by atoms with Gasteiger partial charge in [0.05, 0.1) is 5.02 Å². The third-order valence-corrected chi connectivity index (χ3v) is 2.83. The van der Waals surface area contributed by atoms with Crippen molar-refractivity contribution >= 4 is 17.4 Å². The van der Waals surface area contributed by atoms with Gasteiger partial charge in [-0.2, -0.15) is 0 Å². The number of hydrogen-bond acceptors (Lipinski definition) is 2. The van der Waals surface area contributed by atoms with Gasteiger partial charge in [-0.3, -0.25) is 9.78 Å². The lowest BCUT2D eigenvalue weighted by Crippen LogP contribution is -2.09. The summed E-state index contributed by atoms with van der Waals surface area (Å²) < 4.78 is 26.5. The molecule has 2 nitrogen and oxygen atoms in total. The van der Waals surface area contributed by atoms with Crippen LogP contribution in [0, 0.1) is 11.6 Å². The summed E-state index contributed by atoms with van der Waals surface area (Å²) in [5.41, 5.74) is 0.0459. The molecule has 0 radical (unpaired) electrons. The number of ketones is 1. The molecule has 0 bridgehead atoms. The molecule has 18 heavy (non-hydrogen) atoms. The van der Waals surface area contributed by atoms with Crippen LogP contribution in [0.4, 0.5) is 8.78 Å². The third kappa shape index (κ3) is 2.54. The van der Waals surface area contributed by atoms with Crippen LogP contribution in [0.2, 0.25) is 5.02 Å². The highest BCUT2D eigenvalue weighted by molar-refractivity contribution is 6.31. The predicted molar refractivity (Wildman–Crippen MR) is 63.6 cm³/mol. The van der Waals surface area contributed by atoms with Crippen molar-refractivity contribution in [3.05, 3.63) is 64.4 Å². The van der Waals surface area contributed by atoms with E-state index in [-0.39, 0.29) is 17.1 Å². The summed E-state index contributed by atoms with van der Waals surface area (Å²) in [7, 11) is 0. The Morgan fingerprint density at radius 2 is 1.89 bits per heavy atom. The SMILES string of the molecule is O=C(Cc1cccc(F)c1Cl)c1ncccc1F. The van der Waals surface area contributed by atoms with Crippen molar-refractivity contribution in [2.45, 2.75) is 6.42 Å². The Labute approximate surface area is 107 Å². The number of aromatic nitrogens is 1. The van der Waals surface area contributed by atoms with Gasteiger partial charge in [-0.15, -0.1) is 0 Å². The van der Waals surface area contributed by atoms with Crippen LogP contribution in [0.15, 0.2) is 36.5 Å². The van der Waals surface area contributed by atoms with E-state index < -0.39 is 17.4 Å². The van der Waals surface area contributed by atoms with Crippen molar-refractivity contribution in [2.75, 3.05) is 0 Å². The normalized spacial score (nSPS) is 10.4. The number of carbonyl (C=O) groups is 1. The Kier molecular flexibility index (Phi) is 3.67. The van der Waals surface area contributed by atoms with E-state index in [0.29, 0.717) is 5.56 Å². The molecule has 0 saturated carbocycles. The fourth-order valence-electron chi connectivity index (χ4n) is 1.53. The molecular formula is C13H8ClF2NO. The summed E-state index contributed by atoms with van der Waals surface area (Å²) in [6.45, 7) is 0. The molecule has 0 fully saturated rings. The van der Waals surface area contributed by atoms with Gasteiger partial charge in [0.1, 0.15) is 11.5 Å². The van der Waals surface area contributed by atoms with Crippen molar-refractivity contribution in [2.24, 2.45) is 0 Å². The lowest BCUT2D eigenvalue weighted by atomic mass is 10.1. The first-order chi connectivity index (χ1) is 8.59. The maximum Gasteiger partial charge on any atom is 0.188 e. The Morgan fingerprint density at radius 1 is 1.17 bits per heavy atom. The van der Waals surface area contributed by atoms with Gasteiger partial charge in [0.2, 0.25) is 0 Å². The molecule has 5 heteroatoms. The van der Waals surface area contributed by atoms with Crippen LogP contribution >= 0.6 is 11.6 Å². The second-order valence-corrected chi connectivity index (χ2v) is 4.02. The van der Waals surface area contributed by atoms with E-state index in [2.05, 4.69) is 4.98 Å². The molecule has 0 saturated heterocycles. The number of nitrogens with zero attached hydrogens (tertiary/aromatic N) is 1. The third-order valence-electron chi connectivity index (χ3n) is 2.41. The van der Waals surface area contributed by atoms with Gasteiger partial charge in [-0.05, 0) is 23.8 Å². The summed E-state index contributed by atoms with van der Waals surface area (Å²) in [4.78, 5) is 15.5. The molecule has 0 aliphatic heterocycles. The summed E-state index contributed by atoms with van der Waals surface area (Å²) in [6.07, 6.45) is 1.13. The second-order valence-electron chi connectivity index (χ2n) is 3.65. The molecule has 2 aromatic rings. The molecule has 1 heterocycles. The van der Waals surface area contributed by atoms with Crippen molar-refractivity contribution in [3.63, 3.8) is 0 Å². The lowest BCUT2D eigenvalue weighted by Gasteiger charge is -2.04. The fourth-order valence-corrected chi connectivity index (χ4v) is 1.73. The summed E-state index contributed by atoms with van der Waals surface area (Å²) >= 11 is 5.72.